The van der Waals surface area contributed by atoms with Crippen LogP contribution in [0.15, 0.2) is 65.8 Å². The molecule has 0 spiro atoms. The highest BCUT2D eigenvalue weighted by Gasteiger charge is 2.18. The van der Waals surface area contributed by atoms with Gasteiger partial charge in [0.1, 0.15) is 5.82 Å². The maximum Gasteiger partial charge on any atom is 0.189 e. The molecule has 1 heterocycles. The number of rotatable bonds is 4. The van der Waals surface area contributed by atoms with Gasteiger partial charge >= 0.3 is 0 Å². The summed E-state index contributed by atoms with van der Waals surface area (Å²) in [7, 11) is 0. The minimum absolute atomic E-state index is 0.0568. The summed E-state index contributed by atoms with van der Waals surface area (Å²) in [5, 5.41) is 4.26. The molecule has 0 fully saturated rings. The number of nitrogens with one attached hydrogen (secondary N) is 1. The molecule has 4 heteroatoms. The summed E-state index contributed by atoms with van der Waals surface area (Å²) in [6.07, 6.45) is 2.00. The number of hydrogen-bond donors (Lipinski definition) is 1. The van der Waals surface area contributed by atoms with Gasteiger partial charge in [0.15, 0.2) is 5.16 Å². The van der Waals surface area contributed by atoms with Gasteiger partial charge < -0.3 is 5.32 Å². The van der Waals surface area contributed by atoms with Crippen molar-refractivity contribution in [2.24, 2.45) is 0 Å². The molecule has 25 heavy (non-hydrogen) atoms. The zero-order valence-electron chi connectivity index (χ0n) is 15.1. The van der Waals surface area contributed by atoms with E-state index in [-0.39, 0.29) is 5.41 Å². The molecule has 0 saturated carbocycles. The number of aromatic nitrogens is 2. The fourth-order valence-corrected chi connectivity index (χ4v) is 3.10. The van der Waals surface area contributed by atoms with E-state index in [2.05, 4.69) is 66.4 Å². The standard InChI is InChI=1S/C21H23N3S/c1-21(2,3)16-12-8-9-13-17(16)22-19-14-18(23-20(24-19)25-4)15-10-6-5-7-11-15/h5-14H,1-4H3,(H,22,23,24). The maximum absolute atomic E-state index is 4.65. The molecule has 0 aliphatic heterocycles. The SMILES string of the molecule is CSc1nc(Nc2ccccc2C(C)(C)C)cc(-c2ccccc2)n1. The summed E-state index contributed by atoms with van der Waals surface area (Å²) < 4.78 is 0. The Morgan fingerprint density at radius 2 is 1.56 bits per heavy atom. The number of nitrogens with zero attached hydrogens (tertiary/aromatic N) is 2. The summed E-state index contributed by atoms with van der Waals surface area (Å²) in [6, 6.07) is 20.6. The highest BCUT2D eigenvalue weighted by molar-refractivity contribution is 7.98. The van der Waals surface area contributed by atoms with Crippen LogP contribution in [0.4, 0.5) is 11.5 Å². The summed E-state index contributed by atoms with van der Waals surface area (Å²) in [4.78, 5) is 9.28. The van der Waals surface area contributed by atoms with Crippen molar-refractivity contribution in [2.45, 2.75) is 31.3 Å². The number of anilines is 2. The smallest absolute Gasteiger partial charge is 0.189 e. The van der Waals surface area contributed by atoms with Crippen LogP contribution >= 0.6 is 11.8 Å². The van der Waals surface area contributed by atoms with Crippen molar-refractivity contribution in [3.05, 3.63) is 66.2 Å². The van der Waals surface area contributed by atoms with Gasteiger partial charge in [-0.2, -0.15) is 0 Å². The topological polar surface area (TPSA) is 37.8 Å². The first-order chi connectivity index (χ1) is 12.0. The first-order valence-electron chi connectivity index (χ1n) is 8.32. The number of benzene rings is 2. The molecule has 0 aliphatic carbocycles. The Morgan fingerprint density at radius 1 is 0.880 bits per heavy atom. The van der Waals surface area contributed by atoms with Gasteiger partial charge in [-0.05, 0) is 23.3 Å². The van der Waals surface area contributed by atoms with E-state index in [1.54, 1.807) is 11.8 Å². The van der Waals surface area contributed by atoms with Crippen LogP contribution < -0.4 is 5.32 Å². The van der Waals surface area contributed by atoms with E-state index in [4.69, 9.17) is 0 Å². The normalized spacial score (nSPS) is 11.4. The van der Waals surface area contributed by atoms with Crippen LogP contribution in [-0.4, -0.2) is 16.2 Å². The van der Waals surface area contributed by atoms with Crippen LogP contribution in [0, 0.1) is 0 Å². The van der Waals surface area contributed by atoms with Crippen molar-refractivity contribution in [1.82, 2.24) is 9.97 Å². The van der Waals surface area contributed by atoms with E-state index < -0.39 is 0 Å². The Balaban J connectivity index is 2.02. The summed E-state index contributed by atoms with van der Waals surface area (Å²) in [5.74, 6) is 0.815. The Morgan fingerprint density at radius 3 is 2.24 bits per heavy atom. The molecule has 3 aromatic rings. The van der Waals surface area contributed by atoms with E-state index in [1.807, 2.05) is 36.6 Å². The molecule has 3 nitrogen and oxygen atoms in total. The first kappa shape index (κ1) is 17.5. The lowest BCUT2D eigenvalue weighted by molar-refractivity contribution is 0.592. The van der Waals surface area contributed by atoms with Crippen LogP contribution in [0.25, 0.3) is 11.3 Å². The van der Waals surface area contributed by atoms with Crippen molar-refractivity contribution in [3.8, 4) is 11.3 Å². The van der Waals surface area contributed by atoms with Crippen molar-refractivity contribution >= 4 is 23.3 Å². The lowest BCUT2D eigenvalue weighted by Crippen LogP contribution is -2.13. The molecule has 0 unspecified atom stereocenters. The number of thioether (sulfide) groups is 1. The Kier molecular flexibility index (Phi) is 5.09. The van der Waals surface area contributed by atoms with E-state index in [0.717, 1.165) is 27.9 Å². The molecule has 0 radical (unpaired) electrons. The largest absolute Gasteiger partial charge is 0.340 e. The summed E-state index contributed by atoms with van der Waals surface area (Å²) in [5.41, 5.74) is 4.42. The highest BCUT2D eigenvalue weighted by Crippen LogP contribution is 2.32. The first-order valence-corrected chi connectivity index (χ1v) is 9.55. The third-order valence-electron chi connectivity index (χ3n) is 3.96. The Bertz CT molecular complexity index is 855. The molecule has 1 aromatic heterocycles. The second-order valence-corrected chi connectivity index (χ2v) is 7.69. The minimum atomic E-state index is 0.0568. The van der Waals surface area contributed by atoms with Gasteiger partial charge in [0.25, 0.3) is 0 Å². The molecule has 128 valence electrons. The predicted octanol–water partition coefficient (Wildman–Crippen LogP) is 5.91. The zero-order chi connectivity index (χ0) is 17.9. The van der Waals surface area contributed by atoms with Gasteiger partial charge in [0.05, 0.1) is 5.69 Å². The molecule has 0 atom stereocenters. The molecule has 0 amide bonds. The lowest BCUT2D eigenvalue weighted by atomic mass is 9.86. The molecule has 3 rings (SSSR count). The second-order valence-electron chi connectivity index (χ2n) is 6.91. The van der Waals surface area contributed by atoms with Crippen molar-refractivity contribution < 1.29 is 0 Å². The van der Waals surface area contributed by atoms with Gasteiger partial charge in [-0.1, -0.05) is 81.1 Å². The van der Waals surface area contributed by atoms with Crippen LogP contribution in [0.1, 0.15) is 26.3 Å². The number of para-hydroxylation sites is 1. The summed E-state index contributed by atoms with van der Waals surface area (Å²) >= 11 is 1.55. The third kappa shape index (κ3) is 4.20. The molecule has 0 saturated heterocycles. The van der Waals surface area contributed by atoms with Gasteiger partial charge in [0, 0.05) is 17.3 Å². The minimum Gasteiger partial charge on any atom is -0.340 e. The molecule has 2 aromatic carbocycles. The predicted molar refractivity (Wildman–Crippen MR) is 108 cm³/mol. The zero-order valence-corrected chi connectivity index (χ0v) is 15.9. The van der Waals surface area contributed by atoms with E-state index in [0.29, 0.717) is 0 Å². The van der Waals surface area contributed by atoms with Gasteiger partial charge in [0.2, 0.25) is 0 Å². The number of hydrogen-bond acceptors (Lipinski definition) is 4. The van der Waals surface area contributed by atoms with Crippen molar-refractivity contribution in [2.75, 3.05) is 11.6 Å². The molecule has 0 bridgehead atoms. The molecule has 1 N–H and O–H groups in total. The maximum atomic E-state index is 4.65. The van der Waals surface area contributed by atoms with Crippen molar-refractivity contribution in [1.29, 1.82) is 0 Å². The highest BCUT2D eigenvalue weighted by atomic mass is 32.2. The lowest BCUT2D eigenvalue weighted by Gasteiger charge is -2.23. The van der Waals surface area contributed by atoms with E-state index in [9.17, 15) is 0 Å². The van der Waals surface area contributed by atoms with Crippen LogP contribution in [0.5, 0.6) is 0 Å². The Hall–Kier alpha value is -2.33. The molecular formula is C21H23N3S. The van der Waals surface area contributed by atoms with E-state index >= 15 is 0 Å². The molecular weight excluding hydrogens is 326 g/mol. The van der Waals surface area contributed by atoms with Gasteiger partial charge in [-0.25, -0.2) is 9.97 Å². The average Bonchev–Trinajstić information content (AvgIpc) is 2.61. The monoisotopic (exact) mass is 349 g/mol. The Labute approximate surface area is 153 Å². The quantitative estimate of drug-likeness (QED) is 0.469. The van der Waals surface area contributed by atoms with Crippen LogP contribution in [0.2, 0.25) is 0 Å². The summed E-state index contributed by atoms with van der Waals surface area (Å²) in [6.45, 7) is 6.66. The van der Waals surface area contributed by atoms with Crippen molar-refractivity contribution in [3.63, 3.8) is 0 Å². The average molecular weight is 350 g/mol. The fourth-order valence-electron chi connectivity index (χ4n) is 2.72. The van der Waals surface area contributed by atoms with Gasteiger partial charge in [-0.15, -0.1) is 0 Å². The second kappa shape index (κ2) is 7.28. The third-order valence-corrected chi connectivity index (χ3v) is 4.50. The van der Waals surface area contributed by atoms with Gasteiger partial charge in [-0.3, -0.25) is 0 Å². The van der Waals surface area contributed by atoms with Crippen LogP contribution in [0.3, 0.4) is 0 Å². The van der Waals surface area contributed by atoms with E-state index in [1.165, 1.54) is 5.56 Å². The molecule has 0 aliphatic rings. The van der Waals surface area contributed by atoms with Crippen LogP contribution in [-0.2, 0) is 5.41 Å². The fraction of sp³-hybridized carbons (Fsp3) is 0.238.